The van der Waals surface area contributed by atoms with Crippen LogP contribution in [0.4, 0.5) is 5.69 Å². The van der Waals surface area contributed by atoms with Crippen LogP contribution in [-0.2, 0) is 26.0 Å². The van der Waals surface area contributed by atoms with Crippen molar-refractivity contribution in [2.24, 2.45) is 11.8 Å². The second kappa shape index (κ2) is 10.9. The number of aliphatic hydroxyl groups excluding tert-OH is 1. The first kappa shape index (κ1) is 26.6. The summed E-state index contributed by atoms with van der Waals surface area (Å²) in [6.07, 6.45) is 1.24. The number of anilines is 1. The summed E-state index contributed by atoms with van der Waals surface area (Å²) in [6.45, 7) is 3.88. The van der Waals surface area contributed by atoms with Crippen LogP contribution in [0, 0.1) is 11.8 Å². The third-order valence-electron chi connectivity index (χ3n) is 6.73. The Labute approximate surface area is 216 Å². The predicted octanol–water partition coefficient (Wildman–Crippen LogP) is 2.57. The number of ether oxygens (including phenoxy) is 1. The Balaban J connectivity index is 1.64. The first-order valence-corrected chi connectivity index (χ1v) is 14.4. The molecule has 0 radical (unpaired) electrons. The minimum atomic E-state index is -3.69. The summed E-state index contributed by atoms with van der Waals surface area (Å²) in [5.41, 5.74) is 1.19. The Hall–Kier alpha value is -2.47. The zero-order valence-corrected chi connectivity index (χ0v) is 22.3. The van der Waals surface area contributed by atoms with Crippen molar-refractivity contribution in [3.8, 4) is 5.75 Å². The van der Waals surface area contributed by atoms with Gasteiger partial charge in [-0.15, -0.1) is 11.3 Å². The second-order valence-corrected chi connectivity index (χ2v) is 12.9. The van der Waals surface area contributed by atoms with Gasteiger partial charge in [0.2, 0.25) is 11.8 Å². The maximum atomic E-state index is 13.3. The molecule has 1 fully saturated rings. The van der Waals surface area contributed by atoms with E-state index < -0.39 is 22.2 Å². The van der Waals surface area contributed by atoms with E-state index in [1.54, 1.807) is 47.5 Å². The van der Waals surface area contributed by atoms with Crippen molar-refractivity contribution in [1.82, 2.24) is 9.21 Å². The van der Waals surface area contributed by atoms with Crippen molar-refractivity contribution >= 4 is 38.9 Å². The average molecular weight is 536 g/mol. The fourth-order valence-electron chi connectivity index (χ4n) is 4.23. The van der Waals surface area contributed by atoms with Crippen LogP contribution in [0.2, 0.25) is 0 Å². The molecule has 1 aliphatic heterocycles. The van der Waals surface area contributed by atoms with Gasteiger partial charge in [-0.2, -0.15) is 4.31 Å². The van der Waals surface area contributed by atoms with Crippen LogP contribution < -0.4 is 10.1 Å². The Morgan fingerprint density at radius 3 is 2.72 bits per heavy atom. The molecule has 196 valence electrons. The normalized spacial score (nSPS) is 21.7. The van der Waals surface area contributed by atoms with Gasteiger partial charge in [0.1, 0.15) is 16.1 Å². The Morgan fingerprint density at radius 1 is 1.33 bits per heavy atom. The van der Waals surface area contributed by atoms with Gasteiger partial charge in [0.25, 0.3) is 10.0 Å². The third-order valence-corrected chi connectivity index (χ3v) is 9.93. The van der Waals surface area contributed by atoms with E-state index in [1.165, 1.54) is 11.4 Å². The number of hydrogen-bond donors (Lipinski definition) is 2. The van der Waals surface area contributed by atoms with Crippen LogP contribution in [0.15, 0.2) is 39.9 Å². The topological polar surface area (TPSA) is 116 Å². The highest BCUT2D eigenvalue weighted by Gasteiger charge is 2.34. The first-order valence-electron chi connectivity index (χ1n) is 12.1. The van der Waals surface area contributed by atoms with E-state index in [1.807, 2.05) is 6.92 Å². The molecule has 1 saturated carbocycles. The lowest BCUT2D eigenvalue weighted by molar-refractivity contribution is -0.134. The number of amides is 2. The van der Waals surface area contributed by atoms with Gasteiger partial charge in [0, 0.05) is 36.7 Å². The van der Waals surface area contributed by atoms with E-state index in [-0.39, 0.29) is 47.4 Å². The first-order chi connectivity index (χ1) is 17.1. The number of sulfonamides is 1. The standard InChI is InChI=1S/C25H33N3O6S2/c1-16-13-28(17(2)15-29)23(30)12-19-11-20(26-25(31)18-6-7-18)8-9-21(19)34-22(16)14-27(3)36(32,33)24-5-4-10-35-24/h4-5,8-11,16-18,22,29H,6-7,12-15H2,1-3H3,(H,26,31)/t16-,17+,22+/m0/s1. The molecular weight excluding hydrogens is 502 g/mol. The molecule has 3 atom stereocenters. The molecule has 0 saturated heterocycles. The van der Waals surface area contributed by atoms with Crippen molar-refractivity contribution < 1.29 is 27.9 Å². The lowest BCUT2D eigenvalue weighted by atomic mass is 10.0. The SMILES string of the molecule is C[C@H](CO)N1C[C@H](C)[C@@H](CN(C)S(=O)(=O)c2cccs2)Oc2ccc(NC(=O)C3CC3)cc2CC1=O. The van der Waals surface area contributed by atoms with Gasteiger partial charge in [-0.05, 0) is 49.4 Å². The molecule has 2 N–H and O–H groups in total. The highest BCUT2D eigenvalue weighted by atomic mass is 32.2. The van der Waals surface area contributed by atoms with Gasteiger partial charge >= 0.3 is 0 Å². The number of nitrogens with one attached hydrogen (secondary N) is 1. The smallest absolute Gasteiger partial charge is 0.252 e. The minimum absolute atomic E-state index is 0.0345. The van der Waals surface area contributed by atoms with Crippen LogP contribution in [0.3, 0.4) is 0 Å². The second-order valence-electron chi connectivity index (χ2n) is 9.69. The molecule has 0 bridgehead atoms. The monoisotopic (exact) mass is 535 g/mol. The lowest BCUT2D eigenvalue weighted by Gasteiger charge is -2.33. The molecule has 1 aromatic heterocycles. The Morgan fingerprint density at radius 2 is 2.08 bits per heavy atom. The van der Waals surface area contributed by atoms with E-state index in [2.05, 4.69) is 5.32 Å². The number of carbonyl (C=O) groups excluding carboxylic acids is 2. The lowest BCUT2D eigenvalue weighted by Crippen LogP contribution is -2.48. The molecule has 9 nitrogen and oxygen atoms in total. The van der Waals surface area contributed by atoms with Gasteiger partial charge in [0.15, 0.2) is 0 Å². The van der Waals surface area contributed by atoms with Crippen LogP contribution in [0.5, 0.6) is 5.75 Å². The minimum Gasteiger partial charge on any atom is -0.488 e. The number of carbonyl (C=O) groups is 2. The fourth-order valence-corrected chi connectivity index (χ4v) is 6.61. The highest BCUT2D eigenvalue weighted by molar-refractivity contribution is 7.91. The predicted molar refractivity (Wildman–Crippen MR) is 137 cm³/mol. The van der Waals surface area contributed by atoms with Crippen molar-refractivity contribution in [2.45, 2.75) is 49.5 Å². The number of hydrogen-bond acceptors (Lipinski definition) is 7. The van der Waals surface area contributed by atoms with Gasteiger partial charge in [-0.1, -0.05) is 13.0 Å². The van der Waals surface area contributed by atoms with E-state index in [0.29, 0.717) is 23.5 Å². The van der Waals surface area contributed by atoms with Crippen LogP contribution in [-0.4, -0.2) is 73.4 Å². The quantitative estimate of drug-likeness (QED) is 0.537. The van der Waals surface area contributed by atoms with Gasteiger partial charge in [-0.3, -0.25) is 9.59 Å². The number of nitrogens with zero attached hydrogens (tertiary/aromatic N) is 2. The zero-order chi connectivity index (χ0) is 26.0. The summed E-state index contributed by atoms with van der Waals surface area (Å²) in [7, 11) is -2.17. The summed E-state index contributed by atoms with van der Waals surface area (Å²) < 4.78 is 34.0. The fraction of sp³-hybridized carbons (Fsp3) is 0.520. The number of aliphatic hydroxyl groups is 1. The van der Waals surface area contributed by atoms with Crippen molar-refractivity contribution in [1.29, 1.82) is 0 Å². The number of likely N-dealkylation sites (N-methyl/N-ethyl adjacent to an activating group) is 1. The molecule has 1 aliphatic carbocycles. The largest absolute Gasteiger partial charge is 0.488 e. The molecule has 2 aromatic rings. The molecule has 11 heteroatoms. The van der Waals surface area contributed by atoms with Crippen molar-refractivity contribution in [3.63, 3.8) is 0 Å². The molecule has 0 unspecified atom stereocenters. The van der Waals surface area contributed by atoms with E-state index in [4.69, 9.17) is 4.74 Å². The highest BCUT2D eigenvalue weighted by Crippen LogP contribution is 2.33. The molecule has 2 heterocycles. The molecule has 1 aromatic carbocycles. The van der Waals surface area contributed by atoms with Gasteiger partial charge in [-0.25, -0.2) is 8.42 Å². The summed E-state index contributed by atoms with van der Waals surface area (Å²) in [6, 6.07) is 8.06. The molecule has 0 spiro atoms. The van der Waals surface area contributed by atoms with Gasteiger partial charge < -0.3 is 20.1 Å². The number of fused-ring (bicyclic) bond motifs is 1. The van der Waals surface area contributed by atoms with E-state index >= 15 is 0 Å². The molecule has 2 aliphatic rings. The Kier molecular flexibility index (Phi) is 8.03. The molecular formula is C25H33N3O6S2. The van der Waals surface area contributed by atoms with Gasteiger partial charge in [0.05, 0.1) is 25.6 Å². The number of rotatable bonds is 8. The van der Waals surface area contributed by atoms with E-state index in [9.17, 15) is 23.1 Å². The molecule has 4 rings (SSSR count). The van der Waals surface area contributed by atoms with Crippen LogP contribution in [0.25, 0.3) is 0 Å². The summed E-state index contributed by atoms with van der Waals surface area (Å²) in [5.74, 6) is 0.0843. The number of benzene rings is 1. The maximum Gasteiger partial charge on any atom is 0.252 e. The molecule has 2 amide bonds. The average Bonchev–Trinajstić information content (AvgIpc) is 3.54. The maximum absolute atomic E-state index is 13.3. The Bertz CT molecular complexity index is 1200. The third kappa shape index (κ3) is 5.91. The molecule has 36 heavy (non-hydrogen) atoms. The van der Waals surface area contributed by atoms with E-state index in [0.717, 1.165) is 24.2 Å². The number of thiophene rings is 1. The van der Waals surface area contributed by atoms with Crippen molar-refractivity contribution in [2.75, 3.05) is 32.1 Å². The van der Waals surface area contributed by atoms with Crippen LogP contribution in [0.1, 0.15) is 32.3 Å². The zero-order valence-electron chi connectivity index (χ0n) is 20.7. The summed E-state index contributed by atoms with van der Waals surface area (Å²) in [4.78, 5) is 27.2. The summed E-state index contributed by atoms with van der Waals surface area (Å²) >= 11 is 1.16. The van der Waals surface area contributed by atoms with Crippen molar-refractivity contribution in [3.05, 3.63) is 41.3 Å². The van der Waals surface area contributed by atoms with Crippen LogP contribution >= 0.6 is 11.3 Å². The summed E-state index contributed by atoms with van der Waals surface area (Å²) in [5, 5.41) is 14.4.